The molecular formula is C16H23NO3. The van der Waals surface area contributed by atoms with Crippen molar-refractivity contribution in [2.45, 2.75) is 38.5 Å². The Hall–Kier alpha value is -1.68. The molecular weight excluding hydrogens is 254 g/mol. The summed E-state index contributed by atoms with van der Waals surface area (Å²) in [6.07, 6.45) is 12.1. The molecule has 4 heteroatoms. The zero-order chi connectivity index (χ0) is 14.6. The fourth-order valence-electron chi connectivity index (χ4n) is 2.12. The molecule has 4 nitrogen and oxygen atoms in total. The Morgan fingerprint density at radius 1 is 1.35 bits per heavy atom. The smallest absolute Gasteiger partial charge is 0.303 e. The molecule has 1 heterocycles. The zero-order valence-electron chi connectivity index (χ0n) is 11.7. The van der Waals surface area contributed by atoms with Gasteiger partial charge in [-0.05, 0) is 36.8 Å². The van der Waals surface area contributed by atoms with Crippen LogP contribution in [-0.2, 0) is 4.79 Å². The van der Waals surface area contributed by atoms with E-state index >= 15 is 0 Å². The number of carbonyl (C=O) groups is 1. The Morgan fingerprint density at radius 3 is 2.85 bits per heavy atom. The number of nitrogens with zero attached hydrogens (tertiary/aromatic N) is 1. The molecule has 1 unspecified atom stereocenters. The maximum Gasteiger partial charge on any atom is 0.303 e. The van der Waals surface area contributed by atoms with Gasteiger partial charge in [0.25, 0.3) is 0 Å². The van der Waals surface area contributed by atoms with Crippen molar-refractivity contribution in [3.05, 3.63) is 36.2 Å². The topological polar surface area (TPSA) is 70.4 Å². The van der Waals surface area contributed by atoms with Crippen LogP contribution in [0.2, 0.25) is 0 Å². The average molecular weight is 277 g/mol. The molecule has 1 aromatic heterocycles. The second-order valence-corrected chi connectivity index (χ2v) is 4.94. The van der Waals surface area contributed by atoms with Crippen molar-refractivity contribution in [3.63, 3.8) is 0 Å². The lowest BCUT2D eigenvalue weighted by Gasteiger charge is -2.13. The van der Waals surface area contributed by atoms with Gasteiger partial charge < -0.3 is 10.2 Å². The molecule has 0 fully saturated rings. The summed E-state index contributed by atoms with van der Waals surface area (Å²) in [6.45, 7) is 0.206. The number of carboxylic acid groups (broad SMARTS) is 1. The maximum atomic E-state index is 10.7. The minimum absolute atomic E-state index is 0.206. The molecule has 0 aliphatic rings. The summed E-state index contributed by atoms with van der Waals surface area (Å²) >= 11 is 0. The Balaban J connectivity index is 2.41. The lowest BCUT2D eigenvalue weighted by Crippen LogP contribution is -2.04. The van der Waals surface area contributed by atoms with Gasteiger partial charge in [0, 0.05) is 25.4 Å². The van der Waals surface area contributed by atoms with E-state index in [1.54, 1.807) is 12.4 Å². The van der Waals surface area contributed by atoms with Crippen LogP contribution >= 0.6 is 0 Å². The molecule has 0 saturated heterocycles. The zero-order valence-corrected chi connectivity index (χ0v) is 11.7. The van der Waals surface area contributed by atoms with Crippen LogP contribution < -0.4 is 0 Å². The Labute approximate surface area is 120 Å². The van der Waals surface area contributed by atoms with Crippen LogP contribution in [0.15, 0.2) is 30.6 Å². The number of rotatable bonds is 10. The minimum atomic E-state index is -0.742. The SMILES string of the molecule is O=C(O)CCC(C/C=C/c1cccnc1)CCCCO. The second kappa shape index (κ2) is 10.1. The van der Waals surface area contributed by atoms with Crippen LogP contribution in [0.4, 0.5) is 0 Å². The molecule has 0 aromatic carbocycles. The summed E-state index contributed by atoms with van der Waals surface area (Å²) in [5, 5.41) is 17.6. The number of aliphatic hydroxyl groups is 1. The van der Waals surface area contributed by atoms with Crippen LogP contribution in [0.5, 0.6) is 0 Å². The highest BCUT2D eigenvalue weighted by atomic mass is 16.4. The molecule has 0 aliphatic heterocycles. The summed E-state index contributed by atoms with van der Waals surface area (Å²) in [4.78, 5) is 14.7. The van der Waals surface area contributed by atoms with Crippen LogP contribution in [0.1, 0.15) is 44.1 Å². The normalized spacial score (nSPS) is 12.7. The van der Waals surface area contributed by atoms with E-state index in [0.717, 1.165) is 31.2 Å². The summed E-state index contributed by atoms with van der Waals surface area (Å²) in [5.41, 5.74) is 1.06. The van der Waals surface area contributed by atoms with Crippen LogP contribution in [0.25, 0.3) is 6.08 Å². The lowest BCUT2D eigenvalue weighted by atomic mass is 9.93. The van der Waals surface area contributed by atoms with E-state index in [9.17, 15) is 4.79 Å². The number of aliphatic hydroxyl groups excluding tert-OH is 1. The Kier molecular flexibility index (Phi) is 8.31. The molecule has 1 atom stereocenters. The van der Waals surface area contributed by atoms with E-state index in [4.69, 9.17) is 10.2 Å². The molecule has 110 valence electrons. The minimum Gasteiger partial charge on any atom is -0.481 e. The number of hydrogen-bond acceptors (Lipinski definition) is 3. The molecule has 1 rings (SSSR count). The van der Waals surface area contributed by atoms with E-state index < -0.39 is 5.97 Å². The molecule has 0 radical (unpaired) electrons. The molecule has 0 aliphatic carbocycles. The third-order valence-corrected chi connectivity index (χ3v) is 3.25. The van der Waals surface area contributed by atoms with Crippen molar-refractivity contribution in [3.8, 4) is 0 Å². The van der Waals surface area contributed by atoms with Gasteiger partial charge in [-0.3, -0.25) is 9.78 Å². The predicted molar refractivity (Wildman–Crippen MR) is 79.2 cm³/mol. The number of aromatic nitrogens is 1. The highest BCUT2D eigenvalue weighted by molar-refractivity contribution is 5.66. The Morgan fingerprint density at radius 2 is 2.20 bits per heavy atom. The molecule has 0 amide bonds. The first-order chi connectivity index (χ1) is 9.72. The molecule has 0 saturated carbocycles. The quantitative estimate of drug-likeness (QED) is 0.645. The number of pyridine rings is 1. The Bertz CT molecular complexity index is 403. The molecule has 1 aromatic rings. The van der Waals surface area contributed by atoms with Gasteiger partial charge in [-0.15, -0.1) is 0 Å². The summed E-state index contributed by atoms with van der Waals surface area (Å²) in [7, 11) is 0. The van der Waals surface area contributed by atoms with Crippen LogP contribution in [0.3, 0.4) is 0 Å². The molecule has 0 bridgehead atoms. The second-order valence-electron chi connectivity index (χ2n) is 4.94. The lowest BCUT2D eigenvalue weighted by molar-refractivity contribution is -0.137. The first-order valence-electron chi connectivity index (χ1n) is 7.11. The number of allylic oxidation sites excluding steroid dienone is 1. The third-order valence-electron chi connectivity index (χ3n) is 3.25. The van der Waals surface area contributed by atoms with Gasteiger partial charge in [0.1, 0.15) is 0 Å². The fraction of sp³-hybridized carbons (Fsp3) is 0.500. The van der Waals surface area contributed by atoms with Gasteiger partial charge in [0.05, 0.1) is 0 Å². The van der Waals surface area contributed by atoms with Gasteiger partial charge in [-0.25, -0.2) is 0 Å². The van der Waals surface area contributed by atoms with Gasteiger partial charge in [-0.2, -0.15) is 0 Å². The first kappa shape index (κ1) is 16.4. The standard InChI is InChI=1S/C16H23NO3/c18-12-2-1-5-14(9-10-16(19)20)6-3-7-15-8-4-11-17-13-15/h3-4,7-8,11,13-14,18H,1-2,5-6,9-10,12H2,(H,19,20)/b7-3+. The predicted octanol–water partition coefficient (Wildman–Crippen LogP) is 3.13. The van der Waals surface area contributed by atoms with Crippen molar-refractivity contribution >= 4 is 12.0 Å². The highest BCUT2D eigenvalue weighted by Gasteiger charge is 2.09. The van der Waals surface area contributed by atoms with E-state index in [0.29, 0.717) is 12.3 Å². The summed E-state index contributed by atoms with van der Waals surface area (Å²) < 4.78 is 0. The van der Waals surface area contributed by atoms with Gasteiger partial charge in [0.15, 0.2) is 0 Å². The monoisotopic (exact) mass is 277 g/mol. The van der Waals surface area contributed by atoms with E-state index in [1.165, 1.54) is 0 Å². The number of unbranched alkanes of at least 4 members (excludes halogenated alkanes) is 1. The number of hydrogen-bond donors (Lipinski definition) is 2. The van der Waals surface area contributed by atoms with E-state index in [2.05, 4.69) is 11.1 Å². The van der Waals surface area contributed by atoms with Gasteiger partial charge in [-0.1, -0.05) is 31.1 Å². The van der Waals surface area contributed by atoms with Crippen molar-refractivity contribution < 1.29 is 15.0 Å². The number of aliphatic carboxylic acids is 1. The highest BCUT2D eigenvalue weighted by Crippen LogP contribution is 2.20. The summed E-state index contributed by atoms with van der Waals surface area (Å²) in [5.74, 6) is -0.376. The maximum absolute atomic E-state index is 10.7. The average Bonchev–Trinajstić information content (AvgIpc) is 2.45. The van der Waals surface area contributed by atoms with Crippen molar-refractivity contribution in [1.29, 1.82) is 0 Å². The van der Waals surface area contributed by atoms with Crippen molar-refractivity contribution in [1.82, 2.24) is 4.98 Å². The fourth-order valence-corrected chi connectivity index (χ4v) is 2.12. The largest absolute Gasteiger partial charge is 0.481 e. The van der Waals surface area contributed by atoms with Crippen molar-refractivity contribution in [2.75, 3.05) is 6.61 Å². The third kappa shape index (κ3) is 7.69. The number of carboxylic acids is 1. The van der Waals surface area contributed by atoms with E-state index in [1.807, 2.05) is 18.2 Å². The first-order valence-corrected chi connectivity index (χ1v) is 7.11. The van der Waals surface area contributed by atoms with E-state index in [-0.39, 0.29) is 13.0 Å². The van der Waals surface area contributed by atoms with Crippen LogP contribution in [0, 0.1) is 5.92 Å². The molecule has 0 spiro atoms. The van der Waals surface area contributed by atoms with Crippen LogP contribution in [-0.4, -0.2) is 27.8 Å². The van der Waals surface area contributed by atoms with Gasteiger partial charge >= 0.3 is 5.97 Å². The molecule has 20 heavy (non-hydrogen) atoms. The van der Waals surface area contributed by atoms with Gasteiger partial charge in [0.2, 0.25) is 0 Å². The van der Waals surface area contributed by atoms with Crippen molar-refractivity contribution in [2.24, 2.45) is 5.92 Å². The summed E-state index contributed by atoms with van der Waals surface area (Å²) in [6, 6.07) is 3.88. The molecule has 2 N–H and O–H groups in total.